The summed E-state index contributed by atoms with van der Waals surface area (Å²) < 4.78 is 39.7. The Morgan fingerprint density at radius 3 is 2.58 bits per heavy atom. The molecule has 0 saturated carbocycles. The SMILES string of the molecule is Cc1ccc(NS(=O)(=O)c2ccc(N)nc2)c(F)c1. The maximum Gasteiger partial charge on any atom is 0.263 e. The Morgan fingerprint density at radius 2 is 2.00 bits per heavy atom. The number of aryl methyl sites for hydroxylation is 1. The molecule has 2 rings (SSSR count). The lowest BCUT2D eigenvalue weighted by atomic mass is 10.2. The van der Waals surface area contributed by atoms with Crippen LogP contribution in [0.25, 0.3) is 0 Å². The minimum absolute atomic E-state index is 0.0818. The Morgan fingerprint density at radius 1 is 1.26 bits per heavy atom. The van der Waals surface area contributed by atoms with Gasteiger partial charge in [-0.2, -0.15) is 0 Å². The average Bonchev–Trinajstić information content (AvgIpc) is 2.33. The van der Waals surface area contributed by atoms with E-state index in [2.05, 4.69) is 9.71 Å². The normalized spacial score (nSPS) is 11.3. The second-order valence-corrected chi connectivity index (χ2v) is 5.69. The summed E-state index contributed by atoms with van der Waals surface area (Å²) >= 11 is 0. The van der Waals surface area contributed by atoms with Crippen molar-refractivity contribution in [1.29, 1.82) is 0 Å². The molecule has 100 valence electrons. The molecule has 5 nitrogen and oxygen atoms in total. The molecule has 0 bridgehead atoms. The van der Waals surface area contributed by atoms with Crippen molar-refractivity contribution in [2.75, 3.05) is 10.5 Å². The number of nitrogens with two attached hydrogens (primary N) is 1. The van der Waals surface area contributed by atoms with E-state index in [4.69, 9.17) is 5.73 Å². The van der Waals surface area contributed by atoms with Crippen molar-refractivity contribution in [1.82, 2.24) is 4.98 Å². The number of nitrogens with zero attached hydrogens (tertiary/aromatic N) is 1. The minimum atomic E-state index is -3.87. The number of halogens is 1. The quantitative estimate of drug-likeness (QED) is 0.900. The zero-order valence-corrected chi connectivity index (χ0v) is 10.9. The molecule has 0 aliphatic carbocycles. The predicted octanol–water partition coefficient (Wildman–Crippen LogP) is 1.91. The molecular weight excluding hydrogens is 269 g/mol. The van der Waals surface area contributed by atoms with E-state index in [9.17, 15) is 12.8 Å². The minimum Gasteiger partial charge on any atom is -0.384 e. The van der Waals surface area contributed by atoms with E-state index in [-0.39, 0.29) is 16.4 Å². The molecule has 1 heterocycles. The summed E-state index contributed by atoms with van der Waals surface area (Å²) in [4.78, 5) is 3.61. The highest BCUT2D eigenvalue weighted by Gasteiger charge is 2.16. The van der Waals surface area contributed by atoms with Gasteiger partial charge in [-0.25, -0.2) is 17.8 Å². The molecule has 0 amide bonds. The van der Waals surface area contributed by atoms with E-state index >= 15 is 0 Å². The molecule has 19 heavy (non-hydrogen) atoms. The second kappa shape index (κ2) is 4.85. The molecule has 0 radical (unpaired) electrons. The van der Waals surface area contributed by atoms with Crippen LogP contribution in [-0.2, 0) is 10.0 Å². The lowest BCUT2D eigenvalue weighted by Gasteiger charge is -2.09. The number of hydrogen-bond donors (Lipinski definition) is 2. The molecule has 0 spiro atoms. The molecule has 2 aromatic rings. The maximum atomic E-state index is 13.6. The lowest BCUT2D eigenvalue weighted by Crippen LogP contribution is -2.14. The number of nitrogens with one attached hydrogen (secondary N) is 1. The molecule has 3 N–H and O–H groups in total. The largest absolute Gasteiger partial charge is 0.384 e. The zero-order chi connectivity index (χ0) is 14.0. The van der Waals surface area contributed by atoms with Crippen LogP contribution in [0.15, 0.2) is 41.4 Å². The Hall–Kier alpha value is -2.15. The van der Waals surface area contributed by atoms with Gasteiger partial charge in [-0.1, -0.05) is 6.07 Å². The van der Waals surface area contributed by atoms with Crippen molar-refractivity contribution in [3.63, 3.8) is 0 Å². The van der Waals surface area contributed by atoms with Crippen LogP contribution in [0.4, 0.5) is 15.9 Å². The molecule has 0 aliphatic heterocycles. The van der Waals surface area contributed by atoms with Crippen LogP contribution in [0.1, 0.15) is 5.56 Å². The van der Waals surface area contributed by atoms with Gasteiger partial charge in [0, 0.05) is 6.20 Å². The van der Waals surface area contributed by atoms with Gasteiger partial charge in [-0.05, 0) is 36.8 Å². The smallest absolute Gasteiger partial charge is 0.263 e. The Labute approximate surface area is 110 Å². The summed E-state index contributed by atoms with van der Waals surface area (Å²) in [6, 6.07) is 6.89. The topological polar surface area (TPSA) is 85.1 Å². The number of aromatic nitrogens is 1. The molecule has 1 aromatic carbocycles. The van der Waals surface area contributed by atoms with Crippen LogP contribution >= 0.6 is 0 Å². The van der Waals surface area contributed by atoms with Crippen molar-refractivity contribution in [3.05, 3.63) is 47.9 Å². The average molecular weight is 281 g/mol. The first-order valence-corrected chi connectivity index (χ1v) is 6.87. The number of nitrogen functional groups attached to an aromatic ring is 1. The Balaban J connectivity index is 2.33. The number of pyridine rings is 1. The summed E-state index contributed by atoms with van der Waals surface area (Å²) in [5.74, 6) is -0.424. The van der Waals surface area contributed by atoms with Crippen LogP contribution in [0.2, 0.25) is 0 Å². The molecule has 7 heteroatoms. The molecular formula is C12H12FN3O2S. The van der Waals surface area contributed by atoms with Gasteiger partial charge in [-0.15, -0.1) is 0 Å². The van der Waals surface area contributed by atoms with Crippen LogP contribution in [-0.4, -0.2) is 13.4 Å². The van der Waals surface area contributed by atoms with Crippen molar-refractivity contribution in [2.24, 2.45) is 0 Å². The van der Waals surface area contributed by atoms with Crippen LogP contribution in [0, 0.1) is 12.7 Å². The van der Waals surface area contributed by atoms with Crippen molar-refractivity contribution in [3.8, 4) is 0 Å². The van der Waals surface area contributed by atoms with Crippen LogP contribution < -0.4 is 10.5 Å². The number of hydrogen-bond acceptors (Lipinski definition) is 4. The van der Waals surface area contributed by atoms with Gasteiger partial charge >= 0.3 is 0 Å². The third kappa shape index (κ3) is 3.00. The van der Waals surface area contributed by atoms with E-state index < -0.39 is 15.8 Å². The van der Waals surface area contributed by atoms with Gasteiger partial charge < -0.3 is 5.73 Å². The number of rotatable bonds is 3. The van der Waals surface area contributed by atoms with Gasteiger partial charge in [0.25, 0.3) is 10.0 Å². The fourth-order valence-electron chi connectivity index (χ4n) is 1.46. The molecule has 0 saturated heterocycles. The van der Waals surface area contributed by atoms with E-state index in [1.54, 1.807) is 13.0 Å². The summed E-state index contributed by atoms with van der Waals surface area (Å²) in [5, 5.41) is 0. The van der Waals surface area contributed by atoms with E-state index in [1.165, 1.54) is 24.3 Å². The molecule has 0 aliphatic rings. The summed E-state index contributed by atoms with van der Waals surface area (Å²) in [6.45, 7) is 1.71. The predicted molar refractivity (Wildman–Crippen MR) is 70.6 cm³/mol. The highest BCUT2D eigenvalue weighted by atomic mass is 32.2. The molecule has 1 aromatic heterocycles. The summed E-state index contributed by atoms with van der Waals surface area (Å²) in [6.07, 6.45) is 1.11. The van der Waals surface area contributed by atoms with Gasteiger partial charge in [0.2, 0.25) is 0 Å². The molecule has 0 fully saturated rings. The van der Waals surface area contributed by atoms with E-state index in [0.29, 0.717) is 5.56 Å². The third-order valence-electron chi connectivity index (χ3n) is 2.44. The van der Waals surface area contributed by atoms with Crippen LogP contribution in [0.5, 0.6) is 0 Å². The van der Waals surface area contributed by atoms with Crippen molar-refractivity contribution in [2.45, 2.75) is 11.8 Å². The summed E-state index contributed by atoms with van der Waals surface area (Å²) in [7, 11) is -3.87. The number of sulfonamides is 1. The first-order chi connectivity index (χ1) is 8.88. The number of benzene rings is 1. The zero-order valence-electron chi connectivity index (χ0n) is 10.1. The van der Waals surface area contributed by atoms with Gasteiger partial charge in [0.1, 0.15) is 16.5 Å². The highest BCUT2D eigenvalue weighted by Crippen LogP contribution is 2.20. The second-order valence-electron chi connectivity index (χ2n) is 4.01. The van der Waals surface area contributed by atoms with E-state index in [1.807, 2.05) is 0 Å². The fourth-order valence-corrected chi connectivity index (χ4v) is 2.47. The fraction of sp³-hybridized carbons (Fsp3) is 0.0833. The first-order valence-electron chi connectivity index (χ1n) is 5.39. The van der Waals surface area contributed by atoms with E-state index in [0.717, 1.165) is 6.20 Å². The molecule has 0 unspecified atom stereocenters. The Kier molecular flexibility index (Phi) is 3.39. The molecule has 0 atom stereocenters. The first kappa shape index (κ1) is 13.3. The summed E-state index contributed by atoms with van der Waals surface area (Å²) in [5.41, 5.74) is 5.97. The van der Waals surface area contributed by atoms with Crippen LogP contribution in [0.3, 0.4) is 0 Å². The van der Waals surface area contributed by atoms with Crippen molar-refractivity contribution >= 4 is 21.5 Å². The van der Waals surface area contributed by atoms with Crippen molar-refractivity contribution < 1.29 is 12.8 Å². The van der Waals surface area contributed by atoms with Gasteiger partial charge in [-0.3, -0.25) is 4.72 Å². The van der Waals surface area contributed by atoms with Gasteiger partial charge in [0.05, 0.1) is 5.69 Å². The Bertz CT molecular complexity index is 699. The third-order valence-corrected chi connectivity index (χ3v) is 3.79. The highest BCUT2D eigenvalue weighted by molar-refractivity contribution is 7.92. The lowest BCUT2D eigenvalue weighted by molar-refractivity contribution is 0.598. The van der Waals surface area contributed by atoms with Gasteiger partial charge in [0.15, 0.2) is 0 Å². The maximum absolute atomic E-state index is 13.6. The number of anilines is 2. The monoisotopic (exact) mass is 281 g/mol. The standard InChI is InChI=1S/C12H12FN3O2S/c1-8-2-4-11(10(13)6-8)16-19(17,18)9-3-5-12(14)15-7-9/h2-7,16H,1H3,(H2,14,15).